The first kappa shape index (κ1) is 11.3. The first-order valence-electron chi connectivity index (χ1n) is 5.25. The monoisotopic (exact) mass is 238 g/mol. The highest BCUT2D eigenvalue weighted by molar-refractivity contribution is 8.00. The summed E-state index contributed by atoms with van der Waals surface area (Å²) in [5, 5.41) is 8.62. The summed E-state index contributed by atoms with van der Waals surface area (Å²) in [5.74, 6) is 3.09. The predicted molar refractivity (Wildman–Crippen MR) is 64.1 cm³/mol. The number of rotatable bonds is 5. The van der Waals surface area contributed by atoms with Crippen LogP contribution in [0.3, 0.4) is 0 Å². The molecule has 86 valence electrons. The van der Waals surface area contributed by atoms with E-state index in [-0.39, 0.29) is 6.42 Å². The molecule has 4 heteroatoms. The molecule has 0 amide bonds. The Morgan fingerprint density at radius 1 is 1.38 bits per heavy atom. The molecule has 0 saturated carbocycles. The fourth-order valence-corrected chi connectivity index (χ4v) is 2.23. The van der Waals surface area contributed by atoms with E-state index in [1.807, 2.05) is 23.9 Å². The zero-order chi connectivity index (χ0) is 11.4. The van der Waals surface area contributed by atoms with Gasteiger partial charge in [-0.1, -0.05) is 12.1 Å². The minimum absolute atomic E-state index is 0.0690. The summed E-state index contributed by atoms with van der Waals surface area (Å²) < 4.78 is 5.61. The number of aliphatic carboxylic acids is 1. The summed E-state index contributed by atoms with van der Waals surface area (Å²) in [6.07, 6.45) is 0.0690. The maximum Gasteiger partial charge on any atom is 0.307 e. The minimum atomic E-state index is -0.805. The van der Waals surface area contributed by atoms with Crippen LogP contribution in [0.4, 0.5) is 0 Å². The Balaban J connectivity index is 1.83. The Labute approximate surface area is 98.8 Å². The highest BCUT2D eigenvalue weighted by Crippen LogP contribution is 2.25. The maximum absolute atomic E-state index is 10.5. The fourth-order valence-electron chi connectivity index (χ4n) is 1.47. The molecule has 2 rings (SSSR count). The summed E-state index contributed by atoms with van der Waals surface area (Å²) in [6.45, 7) is 0.769. The third-order valence-electron chi connectivity index (χ3n) is 2.47. The lowest BCUT2D eigenvalue weighted by molar-refractivity contribution is -0.136. The molecule has 1 aromatic carbocycles. The zero-order valence-corrected chi connectivity index (χ0v) is 9.70. The third kappa shape index (κ3) is 3.17. The largest absolute Gasteiger partial charge is 0.493 e. The summed E-state index contributed by atoms with van der Waals surface area (Å²) in [4.78, 5) is 10.5. The molecule has 3 nitrogen and oxygen atoms in total. The normalized spacial score (nSPS) is 15.5. The van der Waals surface area contributed by atoms with Gasteiger partial charge in [-0.05, 0) is 17.7 Å². The Kier molecular flexibility index (Phi) is 3.72. The van der Waals surface area contributed by atoms with Gasteiger partial charge in [0.1, 0.15) is 5.75 Å². The van der Waals surface area contributed by atoms with Gasteiger partial charge in [-0.2, -0.15) is 11.8 Å². The van der Waals surface area contributed by atoms with Gasteiger partial charge in [-0.25, -0.2) is 0 Å². The van der Waals surface area contributed by atoms with Crippen LogP contribution in [-0.2, 0) is 11.2 Å². The number of ether oxygens (including phenoxy) is 1. The van der Waals surface area contributed by atoms with Crippen molar-refractivity contribution in [2.45, 2.75) is 6.42 Å². The molecule has 1 fully saturated rings. The van der Waals surface area contributed by atoms with Gasteiger partial charge in [0.2, 0.25) is 0 Å². The van der Waals surface area contributed by atoms with Crippen molar-refractivity contribution >= 4 is 17.7 Å². The molecule has 0 bridgehead atoms. The fraction of sp³-hybridized carbons (Fsp3) is 0.417. The average molecular weight is 238 g/mol. The predicted octanol–water partition coefficient (Wildman–Crippen LogP) is 2.06. The van der Waals surface area contributed by atoms with Crippen LogP contribution in [0.15, 0.2) is 24.3 Å². The van der Waals surface area contributed by atoms with E-state index in [1.54, 1.807) is 12.1 Å². The Morgan fingerprint density at radius 3 is 2.56 bits per heavy atom. The number of thioether (sulfide) groups is 1. The van der Waals surface area contributed by atoms with E-state index in [9.17, 15) is 4.79 Å². The summed E-state index contributed by atoms with van der Waals surface area (Å²) in [6, 6.07) is 7.28. The number of carboxylic acid groups (broad SMARTS) is 1. The molecule has 0 radical (unpaired) electrons. The molecular formula is C12H14O3S. The van der Waals surface area contributed by atoms with Crippen molar-refractivity contribution in [3.63, 3.8) is 0 Å². The Hall–Kier alpha value is -1.16. The summed E-state index contributed by atoms with van der Waals surface area (Å²) in [7, 11) is 0. The number of benzene rings is 1. The number of hydrogen-bond acceptors (Lipinski definition) is 3. The van der Waals surface area contributed by atoms with Crippen molar-refractivity contribution in [1.82, 2.24) is 0 Å². The van der Waals surface area contributed by atoms with E-state index in [4.69, 9.17) is 9.84 Å². The molecular weight excluding hydrogens is 224 g/mol. The highest BCUT2D eigenvalue weighted by Gasteiger charge is 2.18. The van der Waals surface area contributed by atoms with Crippen molar-refractivity contribution in [1.29, 1.82) is 0 Å². The highest BCUT2D eigenvalue weighted by atomic mass is 32.2. The Bertz CT molecular complexity index is 357. The number of carboxylic acids is 1. The van der Waals surface area contributed by atoms with E-state index in [0.717, 1.165) is 17.9 Å². The topological polar surface area (TPSA) is 46.5 Å². The van der Waals surface area contributed by atoms with Crippen molar-refractivity contribution in [3.05, 3.63) is 29.8 Å². The van der Waals surface area contributed by atoms with Crippen LogP contribution >= 0.6 is 11.8 Å². The number of hydrogen-bond donors (Lipinski definition) is 1. The number of carbonyl (C=O) groups is 1. The lowest BCUT2D eigenvalue weighted by atomic mass is 10.1. The van der Waals surface area contributed by atoms with E-state index in [2.05, 4.69) is 0 Å². The quantitative estimate of drug-likeness (QED) is 0.853. The van der Waals surface area contributed by atoms with Gasteiger partial charge in [0.05, 0.1) is 13.0 Å². The lowest BCUT2D eigenvalue weighted by Gasteiger charge is -2.24. The molecule has 0 atom stereocenters. The van der Waals surface area contributed by atoms with Crippen molar-refractivity contribution < 1.29 is 14.6 Å². The first-order chi connectivity index (χ1) is 7.74. The summed E-state index contributed by atoms with van der Waals surface area (Å²) >= 11 is 1.94. The first-order valence-corrected chi connectivity index (χ1v) is 6.41. The van der Waals surface area contributed by atoms with Crippen LogP contribution in [-0.4, -0.2) is 29.2 Å². The van der Waals surface area contributed by atoms with Crippen molar-refractivity contribution in [2.24, 2.45) is 5.92 Å². The second kappa shape index (κ2) is 5.25. The average Bonchev–Trinajstić information content (AvgIpc) is 2.17. The SMILES string of the molecule is O=C(O)Cc1ccc(OCC2CSC2)cc1. The van der Waals surface area contributed by atoms with Crippen LogP contribution in [0.2, 0.25) is 0 Å². The lowest BCUT2D eigenvalue weighted by Crippen LogP contribution is -2.24. The van der Waals surface area contributed by atoms with Gasteiger partial charge in [0.15, 0.2) is 0 Å². The van der Waals surface area contributed by atoms with Crippen LogP contribution in [0.25, 0.3) is 0 Å². The van der Waals surface area contributed by atoms with E-state index >= 15 is 0 Å². The van der Waals surface area contributed by atoms with Gasteiger partial charge >= 0.3 is 5.97 Å². The molecule has 16 heavy (non-hydrogen) atoms. The van der Waals surface area contributed by atoms with Gasteiger partial charge in [-0.15, -0.1) is 0 Å². The maximum atomic E-state index is 10.5. The van der Waals surface area contributed by atoms with Crippen LogP contribution in [0.1, 0.15) is 5.56 Å². The summed E-state index contributed by atoms with van der Waals surface area (Å²) in [5.41, 5.74) is 0.805. The van der Waals surface area contributed by atoms with Crippen molar-refractivity contribution in [3.8, 4) is 5.75 Å². The van der Waals surface area contributed by atoms with Crippen LogP contribution in [0.5, 0.6) is 5.75 Å². The molecule has 0 unspecified atom stereocenters. The molecule has 1 aliphatic rings. The molecule has 0 spiro atoms. The van der Waals surface area contributed by atoms with Crippen LogP contribution < -0.4 is 4.74 Å². The molecule has 0 aromatic heterocycles. The third-order valence-corrected chi connectivity index (χ3v) is 3.89. The van der Waals surface area contributed by atoms with E-state index in [0.29, 0.717) is 5.92 Å². The van der Waals surface area contributed by atoms with Crippen molar-refractivity contribution in [2.75, 3.05) is 18.1 Å². The van der Waals surface area contributed by atoms with Crippen LogP contribution in [0, 0.1) is 5.92 Å². The Morgan fingerprint density at radius 2 is 2.06 bits per heavy atom. The molecule has 1 aromatic rings. The van der Waals surface area contributed by atoms with E-state index < -0.39 is 5.97 Å². The molecule has 1 heterocycles. The minimum Gasteiger partial charge on any atom is -0.493 e. The molecule has 1 saturated heterocycles. The smallest absolute Gasteiger partial charge is 0.307 e. The second-order valence-corrected chi connectivity index (χ2v) is 5.00. The van der Waals surface area contributed by atoms with Gasteiger partial charge < -0.3 is 9.84 Å². The molecule has 1 N–H and O–H groups in total. The molecule has 0 aliphatic carbocycles. The van der Waals surface area contributed by atoms with Gasteiger partial charge in [0, 0.05) is 17.4 Å². The standard InChI is InChI=1S/C12H14O3S/c13-12(14)5-9-1-3-11(4-2-9)15-6-10-7-16-8-10/h1-4,10H,5-8H2,(H,13,14). The molecule has 1 aliphatic heterocycles. The second-order valence-electron chi connectivity index (χ2n) is 3.93. The zero-order valence-electron chi connectivity index (χ0n) is 8.89. The van der Waals surface area contributed by atoms with Gasteiger partial charge in [0.25, 0.3) is 0 Å². The van der Waals surface area contributed by atoms with Gasteiger partial charge in [-0.3, -0.25) is 4.79 Å². The van der Waals surface area contributed by atoms with E-state index in [1.165, 1.54) is 11.5 Å².